The molecule has 1 aliphatic heterocycles. The number of aliphatic imine (C=N–C) groups is 1. The molecular weight excluding hydrogens is 661 g/mol. The van der Waals surface area contributed by atoms with Crippen LogP contribution in [0.25, 0.3) is 22.4 Å². The summed E-state index contributed by atoms with van der Waals surface area (Å²) in [6.45, 7) is 4.45. The first-order valence-electron chi connectivity index (χ1n) is 16.3. The van der Waals surface area contributed by atoms with Crippen molar-refractivity contribution in [3.63, 3.8) is 0 Å². The van der Waals surface area contributed by atoms with Gasteiger partial charge in [-0.1, -0.05) is 37.3 Å². The van der Waals surface area contributed by atoms with Crippen LogP contribution >= 0.6 is 0 Å². The fraction of sp³-hybridized carbons (Fsp3) is 0.243. The number of primary amides is 1. The minimum absolute atomic E-state index is 0.102. The molecule has 0 spiro atoms. The zero-order chi connectivity index (χ0) is 36.5. The number of alkyl halides is 3. The third-order valence-electron chi connectivity index (χ3n) is 8.02. The van der Waals surface area contributed by atoms with Crippen LogP contribution in [-0.4, -0.2) is 64.9 Å². The SMILES string of the molecule is CCCN=C(N)N.NC(=O)Cn1c(-c2cccc(Oc3ccccc3)c2)nc2cc(C(=O)N3CCN(c4ccc(C(F)(F)F)cc4)CC3)ccc21. The third-order valence-corrected chi connectivity index (χ3v) is 8.02. The minimum Gasteiger partial charge on any atom is -0.457 e. The molecule has 2 heterocycles. The van der Waals surface area contributed by atoms with Crippen molar-refractivity contribution in [2.45, 2.75) is 26.1 Å². The summed E-state index contributed by atoms with van der Waals surface area (Å²) >= 11 is 0. The summed E-state index contributed by atoms with van der Waals surface area (Å²) in [5.74, 6) is 1.25. The van der Waals surface area contributed by atoms with Crippen molar-refractivity contribution in [2.75, 3.05) is 37.6 Å². The van der Waals surface area contributed by atoms with Crippen LogP contribution in [0, 0.1) is 0 Å². The maximum Gasteiger partial charge on any atom is 0.416 e. The molecule has 6 N–H and O–H groups in total. The Kier molecular flexibility index (Phi) is 11.4. The molecule has 1 aliphatic rings. The number of amides is 2. The second-order valence-electron chi connectivity index (χ2n) is 11.8. The molecule has 0 radical (unpaired) electrons. The number of nitrogens with two attached hydrogens (primary N) is 3. The Morgan fingerprint density at radius 1 is 0.843 bits per heavy atom. The number of halogens is 3. The average Bonchev–Trinajstić information content (AvgIpc) is 3.48. The highest BCUT2D eigenvalue weighted by Gasteiger charge is 2.30. The van der Waals surface area contributed by atoms with Gasteiger partial charge in [0.25, 0.3) is 5.91 Å². The maximum absolute atomic E-state index is 13.5. The molecule has 266 valence electrons. The van der Waals surface area contributed by atoms with Crippen LogP contribution < -0.4 is 26.8 Å². The number of fused-ring (bicyclic) bond motifs is 1. The van der Waals surface area contributed by atoms with E-state index in [-0.39, 0.29) is 18.4 Å². The van der Waals surface area contributed by atoms with Gasteiger partial charge in [-0.15, -0.1) is 0 Å². The van der Waals surface area contributed by atoms with Crippen LogP contribution in [0.1, 0.15) is 29.3 Å². The van der Waals surface area contributed by atoms with Gasteiger partial charge in [0.15, 0.2) is 5.96 Å². The lowest BCUT2D eigenvalue weighted by molar-refractivity contribution is -0.137. The zero-order valence-electron chi connectivity index (χ0n) is 28.0. The number of ether oxygens (including phenoxy) is 1. The first kappa shape index (κ1) is 36.2. The number of benzene rings is 4. The highest BCUT2D eigenvalue weighted by Crippen LogP contribution is 2.32. The molecule has 11 nitrogen and oxygen atoms in total. The quantitative estimate of drug-likeness (QED) is 0.133. The number of anilines is 1. The predicted molar refractivity (Wildman–Crippen MR) is 191 cm³/mol. The Morgan fingerprint density at radius 3 is 2.14 bits per heavy atom. The summed E-state index contributed by atoms with van der Waals surface area (Å²) in [4.78, 5) is 37.6. The van der Waals surface area contributed by atoms with Crippen LogP contribution in [0.3, 0.4) is 0 Å². The summed E-state index contributed by atoms with van der Waals surface area (Å²) in [6.07, 6.45) is -3.39. The minimum atomic E-state index is -4.39. The third kappa shape index (κ3) is 9.35. The second-order valence-corrected chi connectivity index (χ2v) is 11.8. The normalized spacial score (nSPS) is 12.9. The molecule has 4 aromatic carbocycles. The van der Waals surface area contributed by atoms with Crippen molar-refractivity contribution in [1.29, 1.82) is 0 Å². The first-order valence-corrected chi connectivity index (χ1v) is 16.3. The van der Waals surface area contributed by atoms with Crippen LogP contribution in [0.15, 0.2) is 102 Å². The highest BCUT2D eigenvalue weighted by molar-refractivity contribution is 5.98. The van der Waals surface area contributed by atoms with E-state index in [9.17, 15) is 22.8 Å². The zero-order valence-corrected chi connectivity index (χ0v) is 28.0. The summed E-state index contributed by atoms with van der Waals surface area (Å²) < 4.78 is 46.5. The van der Waals surface area contributed by atoms with Gasteiger partial charge in [0, 0.05) is 49.5 Å². The number of imidazole rings is 1. The van der Waals surface area contributed by atoms with Gasteiger partial charge in [-0.05, 0) is 73.2 Å². The number of piperazine rings is 1. The van der Waals surface area contributed by atoms with Gasteiger partial charge < -0.3 is 36.3 Å². The van der Waals surface area contributed by atoms with Gasteiger partial charge in [0.1, 0.15) is 23.9 Å². The molecule has 0 unspecified atom stereocenters. The summed E-state index contributed by atoms with van der Waals surface area (Å²) in [5, 5.41) is 0. The topological polar surface area (TPSA) is 158 Å². The van der Waals surface area contributed by atoms with Gasteiger partial charge >= 0.3 is 6.18 Å². The van der Waals surface area contributed by atoms with Crippen molar-refractivity contribution in [1.82, 2.24) is 14.5 Å². The van der Waals surface area contributed by atoms with Gasteiger partial charge in [-0.25, -0.2) is 4.98 Å². The average molecular weight is 701 g/mol. The molecule has 0 saturated carbocycles. The first-order chi connectivity index (χ1) is 24.4. The van der Waals surface area contributed by atoms with E-state index in [4.69, 9.17) is 26.9 Å². The smallest absolute Gasteiger partial charge is 0.416 e. The number of nitrogens with zero attached hydrogens (tertiary/aromatic N) is 5. The van der Waals surface area contributed by atoms with E-state index in [0.717, 1.165) is 25.1 Å². The van der Waals surface area contributed by atoms with E-state index in [0.29, 0.717) is 71.4 Å². The molecule has 1 aromatic heterocycles. The lowest BCUT2D eigenvalue weighted by atomic mass is 10.1. The maximum atomic E-state index is 13.5. The van der Waals surface area contributed by atoms with Gasteiger partial charge in [-0.2, -0.15) is 13.2 Å². The standard InChI is InChI=1S/C33H28F3N5O3.C4H11N3/c34-33(35,36)24-10-12-25(13-11-24)39-15-17-40(18-16-39)32(43)23-9-14-29-28(20-23)38-31(41(29)21-30(37)42)22-5-4-8-27(19-22)44-26-6-2-1-3-7-26;1-2-3-7-4(5)6/h1-14,19-20H,15-18,21H2,(H2,37,42);2-3H2,1H3,(H4,5,6,7). The Bertz CT molecular complexity index is 1980. The monoisotopic (exact) mass is 700 g/mol. The summed E-state index contributed by atoms with van der Waals surface area (Å²) in [5.41, 5.74) is 17.9. The highest BCUT2D eigenvalue weighted by atomic mass is 19.4. The molecular formula is C37H39F3N8O3. The second kappa shape index (κ2) is 16.1. The van der Waals surface area contributed by atoms with Crippen molar-refractivity contribution in [3.8, 4) is 22.9 Å². The molecule has 0 bridgehead atoms. The van der Waals surface area contributed by atoms with Crippen molar-refractivity contribution in [2.24, 2.45) is 22.2 Å². The molecule has 6 rings (SSSR count). The van der Waals surface area contributed by atoms with Crippen LogP contribution in [0.4, 0.5) is 18.9 Å². The number of rotatable bonds is 9. The van der Waals surface area contributed by atoms with Crippen molar-refractivity contribution in [3.05, 3.63) is 108 Å². The Balaban J connectivity index is 0.000000654. The molecule has 1 fully saturated rings. The van der Waals surface area contributed by atoms with Gasteiger partial charge in [0.2, 0.25) is 5.91 Å². The molecule has 0 atom stereocenters. The summed E-state index contributed by atoms with van der Waals surface area (Å²) in [7, 11) is 0. The lowest BCUT2D eigenvalue weighted by Gasteiger charge is -2.36. The van der Waals surface area contributed by atoms with Gasteiger partial charge in [0.05, 0.1) is 16.6 Å². The predicted octanol–water partition coefficient (Wildman–Crippen LogP) is 5.63. The van der Waals surface area contributed by atoms with Crippen LogP contribution in [0.2, 0.25) is 0 Å². The number of carbonyl (C=O) groups excluding carboxylic acids is 2. The molecule has 51 heavy (non-hydrogen) atoms. The molecule has 0 aliphatic carbocycles. The molecule has 5 aromatic rings. The Morgan fingerprint density at radius 2 is 1.53 bits per heavy atom. The largest absolute Gasteiger partial charge is 0.457 e. The van der Waals surface area contributed by atoms with Crippen molar-refractivity contribution < 1.29 is 27.5 Å². The molecule has 2 amide bonds. The van der Waals surface area contributed by atoms with Gasteiger partial charge in [-0.3, -0.25) is 14.6 Å². The van der Waals surface area contributed by atoms with Crippen molar-refractivity contribution >= 4 is 34.5 Å². The number of hydrogen-bond donors (Lipinski definition) is 3. The van der Waals surface area contributed by atoms with E-state index in [1.807, 2.05) is 66.4 Å². The van der Waals surface area contributed by atoms with E-state index in [2.05, 4.69) is 4.99 Å². The van der Waals surface area contributed by atoms with E-state index in [1.54, 1.807) is 27.7 Å². The number of carbonyl (C=O) groups is 2. The number of guanidine groups is 1. The van der Waals surface area contributed by atoms with Crippen LogP contribution in [0.5, 0.6) is 11.5 Å². The number of para-hydroxylation sites is 1. The number of hydrogen-bond acceptors (Lipinski definition) is 6. The van der Waals surface area contributed by atoms with Crippen LogP contribution in [-0.2, 0) is 17.5 Å². The van der Waals surface area contributed by atoms with E-state index < -0.39 is 17.6 Å². The Labute approximate surface area is 293 Å². The Hall–Kier alpha value is -6.05. The number of aromatic nitrogens is 2. The lowest BCUT2D eigenvalue weighted by Crippen LogP contribution is -2.48. The molecule has 14 heteroatoms. The fourth-order valence-corrected chi connectivity index (χ4v) is 5.57. The molecule has 1 saturated heterocycles. The van der Waals surface area contributed by atoms with E-state index >= 15 is 0 Å². The van der Waals surface area contributed by atoms with E-state index in [1.165, 1.54) is 12.1 Å². The fourth-order valence-electron chi connectivity index (χ4n) is 5.57. The summed E-state index contributed by atoms with van der Waals surface area (Å²) in [6, 6.07) is 26.9.